The molecule has 0 fully saturated rings. The summed E-state index contributed by atoms with van der Waals surface area (Å²) in [7, 11) is 0. The van der Waals surface area contributed by atoms with Gasteiger partial charge in [-0.25, -0.2) is 4.39 Å². The Morgan fingerprint density at radius 3 is 2.67 bits per heavy atom. The standard InChI is InChI=1S/C15H14FNO/c16-12-5-7-13(8-6-12)17-15-14-4-2-1-3-11(14)9-10-18-15/h1-8,15,17H,9-10H2. The fraction of sp³-hybridized carbons (Fsp3) is 0.200. The Hall–Kier alpha value is -1.87. The highest BCUT2D eigenvalue weighted by molar-refractivity contribution is 5.46. The first-order valence-corrected chi connectivity index (χ1v) is 6.04. The lowest BCUT2D eigenvalue weighted by atomic mass is 10.0. The van der Waals surface area contributed by atoms with Crippen LogP contribution >= 0.6 is 0 Å². The molecule has 0 radical (unpaired) electrons. The highest BCUT2D eigenvalue weighted by Gasteiger charge is 2.19. The van der Waals surface area contributed by atoms with Gasteiger partial charge in [-0.3, -0.25) is 0 Å². The molecule has 0 spiro atoms. The van der Waals surface area contributed by atoms with E-state index in [2.05, 4.69) is 17.4 Å². The average Bonchev–Trinajstić information content (AvgIpc) is 2.42. The van der Waals surface area contributed by atoms with Crippen molar-refractivity contribution < 1.29 is 9.13 Å². The van der Waals surface area contributed by atoms with Crippen LogP contribution in [-0.4, -0.2) is 6.61 Å². The highest BCUT2D eigenvalue weighted by Crippen LogP contribution is 2.28. The molecule has 0 saturated carbocycles. The van der Waals surface area contributed by atoms with Gasteiger partial charge in [0.2, 0.25) is 0 Å². The Morgan fingerprint density at radius 2 is 1.83 bits per heavy atom. The van der Waals surface area contributed by atoms with E-state index in [4.69, 9.17) is 4.74 Å². The summed E-state index contributed by atoms with van der Waals surface area (Å²) in [4.78, 5) is 0. The summed E-state index contributed by atoms with van der Waals surface area (Å²) in [5.41, 5.74) is 3.33. The number of benzene rings is 2. The van der Waals surface area contributed by atoms with Crippen molar-refractivity contribution in [2.75, 3.05) is 11.9 Å². The molecule has 1 atom stereocenters. The van der Waals surface area contributed by atoms with Crippen molar-refractivity contribution >= 4 is 5.69 Å². The van der Waals surface area contributed by atoms with E-state index in [0.717, 1.165) is 17.7 Å². The summed E-state index contributed by atoms with van der Waals surface area (Å²) in [5, 5.41) is 3.28. The molecule has 1 N–H and O–H groups in total. The first-order valence-electron chi connectivity index (χ1n) is 6.04. The third-order valence-corrected chi connectivity index (χ3v) is 3.14. The van der Waals surface area contributed by atoms with Crippen LogP contribution in [0.15, 0.2) is 48.5 Å². The fourth-order valence-electron chi connectivity index (χ4n) is 2.21. The molecule has 0 saturated heterocycles. The van der Waals surface area contributed by atoms with E-state index in [1.165, 1.54) is 17.7 Å². The maximum absolute atomic E-state index is 12.8. The number of hydrogen-bond donors (Lipinski definition) is 1. The predicted molar refractivity (Wildman–Crippen MR) is 68.9 cm³/mol. The fourth-order valence-corrected chi connectivity index (χ4v) is 2.21. The van der Waals surface area contributed by atoms with Crippen molar-refractivity contribution in [2.24, 2.45) is 0 Å². The van der Waals surface area contributed by atoms with Crippen molar-refractivity contribution in [1.82, 2.24) is 0 Å². The van der Waals surface area contributed by atoms with E-state index in [1.807, 2.05) is 12.1 Å². The molecule has 92 valence electrons. The van der Waals surface area contributed by atoms with Crippen molar-refractivity contribution in [3.05, 3.63) is 65.5 Å². The van der Waals surface area contributed by atoms with Crippen molar-refractivity contribution in [2.45, 2.75) is 12.6 Å². The predicted octanol–water partition coefficient (Wildman–Crippen LogP) is 3.51. The summed E-state index contributed by atoms with van der Waals surface area (Å²) in [6, 6.07) is 14.6. The molecule has 3 rings (SSSR count). The molecule has 1 aliphatic rings. The summed E-state index contributed by atoms with van der Waals surface area (Å²) in [6.45, 7) is 0.704. The minimum absolute atomic E-state index is 0.152. The molecule has 1 aliphatic heterocycles. The molecule has 0 aliphatic carbocycles. The molecule has 2 aromatic rings. The Bertz CT molecular complexity index is 538. The van der Waals surface area contributed by atoms with Gasteiger partial charge in [0.25, 0.3) is 0 Å². The topological polar surface area (TPSA) is 21.3 Å². The zero-order valence-electron chi connectivity index (χ0n) is 9.90. The molecule has 3 heteroatoms. The van der Waals surface area contributed by atoms with E-state index in [0.29, 0.717) is 6.61 Å². The van der Waals surface area contributed by atoms with E-state index >= 15 is 0 Å². The number of rotatable bonds is 2. The second kappa shape index (κ2) is 4.78. The molecular formula is C15H14FNO. The largest absolute Gasteiger partial charge is 0.356 e. The zero-order chi connectivity index (χ0) is 12.4. The number of nitrogens with one attached hydrogen (secondary N) is 1. The second-order valence-corrected chi connectivity index (χ2v) is 4.35. The minimum Gasteiger partial charge on any atom is -0.356 e. The van der Waals surface area contributed by atoms with Crippen LogP contribution in [-0.2, 0) is 11.2 Å². The van der Waals surface area contributed by atoms with Gasteiger partial charge in [0.1, 0.15) is 5.82 Å². The van der Waals surface area contributed by atoms with Gasteiger partial charge in [-0.2, -0.15) is 0 Å². The molecule has 0 aromatic heterocycles. The van der Waals surface area contributed by atoms with Crippen LogP contribution in [0.1, 0.15) is 17.4 Å². The van der Waals surface area contributed by atoms with Crippen LogP contribution in [0.4, 0.5) is 10.1 Å². The number of halogens is 1. The van der Waals surface area contributed by atoms with Crippen LogP contribution in [0.5, 0.6) is 0 Å². The Labute approximate surface area is 105 Å². The molecular weight excluding hydrogens is 229 g/mol. The van der Waals surface area contributed by atoms with Gasteiger partial charge in [-0.05, 0) is 36.2 Å². The maximum Gasteiger partial charge on any atom is 0.154 e. The molecule has 2 aromatic carbocycles. The lowest BCUT2D eigenvalue weighted by Crippen LogP contribution is -2.22. The number of anilines is 1. The van der Waals surface area contributed by atoms with Crippen LogP contribution < -0.4 is 5.32 Å². The molecule has 18 heavy (non-hydrogen) atoms. The normalized spacial score (nSPS) is 18.2. The Kier molecular flexibility index (Phi) is 2.99. The van der Waals surface area contributed by atoms with Gasteiger partial charge in [0.15, 0.2) is 6.23 Å². The third-order valence-electron chi connectivity index (χ3n) is 3.14. The molecule has 1 unspecified atom stereocenters. The van der Waals surface area contributed by atoms with Gasteiger partial charge in [0.05, 0.1) is 6.61 Å². The molecule has 1 heterocycles. The first kappa shape index (κ1) is 11.2. The molecule has 2 nitrogen and oxygen atoms in total. The van der Waals surface area contributed by atoms with E-state index in [-0.39, 0.29) is 12.0 Å². The van der Waals surface area contributed by atoms with Crippen molar-refractivity contribution in [1.29, 1.82) is 0 Å². The second-order valence-electron chi connectivity index (χ2n) is 4.35. The van der Waals surface area contributed by atoms with E-state index in [1.54, 1.807) is 12.1 Å². The monoisotopic (exact) mass is 243 g/mol. The molecule has 0 amide bonds. The SMILES string of the molecule is Fc1ccc(NC2OCCc3ccccc32)cc1. The van der Waals surface area contributed by atoms with Gasteiger partial charge >= 0.3 is 0 Å². The number of ether oxygens (including phenoxy) is 1. The Morgan fingerprint density at radius 1 is 1.06 bits per heavy atom. The number of fused-ring (bicyclic) bond motifs is 1. The summed E-state index contributed by atoms with van der Waals surface area (Å²) >= 11 is 0. The quantitative estimate of drug-likeness (QED) is 0.871. The lowest BCUT2D eigenvalue weighted by molar-refractivity contribution is 0.0618. The van der Waals surface area contributed by atoms with Gasteiger partial charge in [-0.1, -0.05) is 24.3 Å². The van der Waals surface area contributed by atoms with Crippen LogP contribution in [0.3, 0.4) is 0 Å². The van der Waals surface area contributed by atoms with Crippen molar-refractivity contribution in [3.63, 3.8) is 0 Å². The highest BCUT2D eigenvalue weighted by atomic mass is 19.1. The average molecular weight is 243 g/mol. The maximum atomic E-state index is 12.8. The van der Waals surface area contributed by atoms with E-state index < -0.39 is 0 Å². The summed E-state index contributed by atoms with van der Waals surface area (Å²) in [6.07, 6.45) is 0.790. The van der Waals surface area contributed by atoms with E-state index in [9.17, 15) is 4.39 Å². The molecule has 0 bridgehead atoms. The summed E-state index contributed by atoms with van der Waals surface area (Å²) in [5.74, 6) is -0.231. The Balaban J connectivity index is 1.84. The smallest absolute Gasteiger partial charge is 0.154 e. The summed E-state index contributed by atoms with van der Waals surface area (Å²) < 4.78 is 18.6. The third kappa shape index (κ3) is 2.22. The van der Waals surface area contributed by atoms with Crippen molar-refractivity contribution in [3.8, 4) is 0 Å². The van der Waals surface area contributed by atoms with Crippen LogP contribution in [0.2, 0.25) is 0 Å². The van der Waals surface area contributed by atoms with Crippen LogP contribution in [0, 0.1) is 5.82 Å². The first-order chi connectivity index (χ1) is 8.83. The van der Waals surface area contributed by atoms with Gasteiger partial charge in [-0.15, -0.1) is 0 Å². The van der Waals surface area contributed by atoms with Gasteiger partial charge in [0, 0.05) is 11.3 Å². The zero-order valence-corrected chi connectivity index (χ0v) is 9.90. The lowest BCUT2D eigenvalue weighted by Gasteiger charge is -2.27. The van der Waals surface area contributed by atoms with Crippen LogP contribution in [0.25, 0.3) is 0 Å². The number of hydrogen-bond acceptors (Lipinski definition) is 2. The van der Waals surface area contributed by atoms with Gasteiger partial charge < -0.3 is 10.1 Å². The minimum atomic E-state index is -0.231.